The molecule has 1 heterocycles. The molecular formula is C8H15N3S2. The van der Waals surface area contributed by atoms with Crippen LogP contribution in [0.4, 0.5) is 5.13 Å². The number of rotatable bonds is 4. The number of H-pyrrole nitrogens is 1. The van der Waals surface area contributed by atoms with E-state index in [1.54, 1.807) is 0 Å². The lowest BCUT2D eigenvalue weighted by Gasteiger charge is -2.20. The molecule has 0 aliphatic rings. The van der Waals surface area contributed by atoms with Crippen molar-refractivity contribution in [3.05, 3.63) is 3.95 Å². The van der Waals surface area contributed by atoms with E-state index in [1.165, 1.54) is 11.3 Å². The number of anilines is 1. The number of nitrogens with one attached hydrogen (secondary N) is 1. The molecule has 74 valence electrons. The van der Waals surface area contributed by atoms with E-state index >= 15 is 0 Å². The molecule has 1 N–H and O–H groups in total. The van der Waals surface area contributed by atoms with Gasteiger partial charge in [-0.05, 0) is 25.1 Å². The highest BCUT2D eigenvalue weighted by Crippen LogP contribution is 2.18. The van der Waals surface area contributed by atoms with Gasteiger partial charge in [-0.3, -0.25) is 5.10 Å². The van der Waals surface area contributed by atoms with Crippen LogP contribution < -0.4 is 4.90 Å². The first-order valence-corrected chi connectivity index (χ1v) is 5.66. The predicted octanol–water partition coefficient (Wildman–Crippen LogP) is 2.68. The fourth-order valence-corrected chi connectivity index (χ4v) is 2.09. The summed E-state index contributed by atoms with van der Waals surface area (Å²) in [4.78, 5) is 2.24. The zero-order valence-corrected chi connectivity index (χ0v) is 9.84. The largest absolute Gasteiger partial charge is 0.347 e. The Labute approximate surface area is 87.8 Å². The van der Waals surface area contributed by atoms with E-state index in [0.29, 0.717) is 5.92 Å². The van der Waals surface area contributed by atoms with Crippen LogP contribution in [-0.2, 0) is 0 Å². The van der Waals surface area contributed by atoms with Gasteiger partial charge in [0.15, 0.2) is 3.95 Å². The Morgan fingerprint density at radius 1 is 1.62 bits per heavy atom. The third-order valence-corrected chi connectivity index (χ3v) is 2.81. The summed E-state index contributed by atoms with van der Waals surface area (Å²) in [5.41, 5.74) is 0. The Morgan fingerprint density at radius 3 is 2.69 bits per heavy atom. The fraction of sp³-hybridized carbons (Fsp3) is 0.750. The van der Waals surface area contributed by atoms with Crippen molar-refractivity contribution < 1.29 is 0 Å². The average Bonchev–Trinajstić information content (AvgIpc) is 2.47. The normalized spacial score (nSPS) is 10.8. The van der Waals surface area contributed by atoms with Crippen LogP contribution in [0.3, 0.4) is 0 Å². The predicted molar refractivity (Wildman–Crippen MR) is 60.0 cm³/mol. The summed E-state index contributed by atoms with van der Waals surface area (Å²) >= 11 is 6.52. The molecule has 13 heavy (non-hydrogen) atoms. The van der Waals surface area contributed by atoms with Crippen molar-refractivity contribution in [1.29, 1.82) is 0 Å². The maximum absolute atomic E-state index is 4.99. The van der Waals surface area contributed by atoms with E-state index in [-0.39, 0.29) is 0 Å². The smallest absolute Gasteiger partial charge is 0.206 e. The quantitative estimate of drug-likeness (QED) is 0.787. The molecule has 0 unspecified atom stereocenters. The standard InChI is InChI=1S/C8H15N3S2/c1-4-11(5-6(2)3)7-9-10-8(12)13-7/h6H,4-5H2,1-3H3,(H,10,12). The first-order chi connectivity index (χ1) is 6.13. The molecular weight excluding hydrogens is 202 g/mol. The van der Waals surface area contributed by atoms with Gasteiger partial charge in [-0.2, -0.15) is 0 Å². The van der Waals surface area contributed by atoms with E-state index in [9.17, 15) is 0 Å². The average molecular weight is 217 g/mol. The number of hydrogen-bond acceptors (Lipinski definition) is 4. The minimum absolute atomic E-state index is 0.650. The van der Waals surface area contributed by atoms with Crippen LogP contribution in [0.2, 0.25) is 0 Å². The van der Waals surface area contributed by atoms with Crippen molar-refractivity contribution in [3.8, 4) is 0 Å². The number of aromatic amines is 1. The molecule has 0 amide bonds. The highest BCUT2D eigenvalue weighted by Gasteiger charge is 2.09. The van der Waals surface area contributed by atoms with E-state index in [4.69, 9.17) is 12.2 Å². The Morgan fingerprint density at radius 2 is 2.31 bits per heavy atom. The van der Waals surface area contributed by atoms with Crippen molar-refractivity contribution in [2.24, 2.45) is 5.92 Å². The maximum Gasteiger partial charge on any atom is 0.206 e. The van der Waals surface area contributed by atoms with Crippen molar-refractivity contribution in [3.63, 3.8) is 0 Å². The molecule has 0 fully saturated rings. The Kier molecular flexibility index (Phi) is 3.87. The summed E-state index contributed by atoms with van der Waals surface area (Å²) in [6, 6.07) is 0. The summed E-state index contributed by atoms with van der Waals surface area (Å²) in [7, 11) is 0. The van der Waals surface area contributed by atoms with Gasteiger partial charge >= 0.3 is 0 Å². The summed E-state index contributed by atoms with van der Waals surface area (Å²) in [5, 5.41) is 7.95. The molecule has 3 nitrogen and oxygen atoms in total. The van der Waals surface area contributed by atoms with Gasteiger partial charge in [-0.25, -0.2) is 0 Å². The molecule has 0 radical (unpaired) electrons. The van der Waals surface area contributed by atoms with Gasteiger partial charge in [0.1, 0.15) is 0 Å². The van der Waals surface area contributed by atoms with Crippen LogP contribution in [0.1, 0.15) is 20.8 Å². The highest BCUT2D eigenvalue weighted by molar-refractivity contribution is 7.73. The minimum atomic E-state index is 0.650. The van der Waals surface area contributed by atoms with E-state index < -0.39 is 0 Å². The van der Waals surface area contributed by atoms with Crippen molar-refractivity contribution in [2.75, 3.05) is 18.0 Å². The molecule has 0 saturated heterocycles. The fourth-order valence-electron chi connectivity index (χ4n) is 1.14. The van der Waals surface area contributed by atoms with Crippen LogP contribution in [0.15, 0.2) is 0 Å². The molecule has 0 aromatic carbocycles. The summed E-state index contributed by atoms with van der Waals surface area (Å²) in [6.45, 7) is 8.55. The molecule has 1 rings (SSSR count). The molecule has 0 aliphatic heterocycles. The van der Waals surface area contributed by atoms with E-state index in [1.807, 2.05) is 0 Å². The van der Waals surface area contributed by atoms with Gasteiger partial charge in [-0.15, -0.1) is 5.10 Å². The first-order valence-electron chi connectivity index (χ1n) is 4.44. The molecule has 5 heteroatoms. The zero-order valence-electron chi connectivity index (χ0n) is 8.20. The molecule has 0 spiro atoms. The van der Waals surface area contributed by atoms with Crippen LogP contribution >= 0.6 is 23.6 Å². The highest BCUT2D eigenvalue weighted by atomic mass is 32.1. The SMILES string of the molecule is CCN(CC(C)C)c1n[nH]c(=S)s1. The van der Waals surface area contributed by atoms with Crippen molar-refractivity contribution >= 4 is 28.7 Å². The lowest BCUT2D eigenvalue weighted by molar-refractivity contribution is 0.616. The van der Waals surface area contributed by atoms with E-state index in [0.717, 1.165) is 22.2 Å². The van der Waals surface area contributed by atoms with Crippen LogP contribution in [0.5, 0.6) is 0 Å². The van der Waals surface area contributed by atoms with Gasteiger partial charge in [0.05, 0.1) is 0 Å². The van der Waals surface area contributed by atoms with Gasteiger partial charge < -0.3 is 4.90 Å². The monoisotopic (exact) mass is 217 g/mol. The summed E-state index contributed by atoms with van der Waals surface area (Å²) in [6.07, 6.45) is 0. The second kappa shape index (κ2) is 4.72. The molecule has 0 aliphatic carbocycles. The van der Waals surface area contributed by atoms with Crippen LogP contribution in [0.25, 0.3) is 0 Å². The van der Waals surface area contributed by atoms with Crippen LogP contribution in [0, 0.1) is 9.87 Å². The topological polar surface area (TPSA) is 31.9 Å². The lowest BCUT2D eigenvalue weighted by Crippen LogP contribution is -2.26. The van der Waals surface area contributed by atoms with Gasteiger partial charge in [0.25, 0.3) is 0 Å². The molecule has 1 aromatic rings. The third-order valence-electron chi connectivity index (χ3n) is 1.66. The Balaban J connectivity index is 2.72. The van der Waals surface area contributed by atoms with Gasteiger partial charge in [-0.1, -0.05) is 25.2 Å². The number of nitrogens with zero attached hydrogens (tertiary/aromatic N) is 2. The number of hydrogen-bond donors (Lipinski definition) is 1. The number of aromatic nitrogens is 2. The van der Waals surface area contributed by atoms with Crippen molar-refractivity contribution in [1.82, 2.24) is 10.2 Å². The first kappa shape index (κ1) is 10.7. The Bertz CT molecular complexity index is 302. The molecule has 1 aromatic heterocycles. The summed E-state index contributed by atoms with van der Waals surface area (Å²) in [5.74, 6) is 0.650. The zero-order chi connectivity index (χ0) is 9.84. The maximum atomic E-state index is 4.99. The molecule has 0 bridgehead atoms. The Hall–Kier alpha value is -0.420. The summed E-state index contributed by atoms with van der Waals surface area (Å²) < 4.78 is 0.747. The second-order valence-electron chi connectivity index (χ2n) is 3.33. The molecule has 0 saturated carbocycles. The van der Waals surface area contributed by atoms with Gasteiger partial charge in [0.2, 0.25) is 5.13 Å². The van der Waals surface area contributed by atoms with Crippen LogP contribution in [-0.4, -0.2) is 23.3 Å². The molecule has 0 atom stereocenters. The van der Waals surface area contributed by atoms with Gasteiger partial charge in [0, 0.05) is 13.1 Å². The lowest BCUT2D eigenvalue weighted by atomic mass is 10.2. The van der Waals surface area contributed by atoms with E-state index in [2.05, 4.69) is 35.9 Å². The minimum Gasteiger partial charge on any atom is -0.347 e. The third kappa shape index (κ3) is 3.08. The van der Waals surface area contributed by atoms with Crippen molar-refractivity contribution in [2.45, 2.75) is 20.8 Å². The second-order valence-corrected chi connectivity index (χ2v) is 4.97.